The number of likely N-dealkylation sites (N-methyl/N-ethyl adjacent to an activating group) is 1. The Balaban J connectivity index is 1.81. The fraction of sp³-hybridized carbons (Fsp3) is 0.545. The first-order valence-electron chi connectivity index (χ1n) is 5.18. The zero-order valence-electron chi connectivity index (χ0n) is 8.86. The Bertz CT molecular complexity index is 366. The molecular formula is C11H15N3O. The molecule has 1 N–H and O–H groups in total. The second-order valence-electron chi connectivity index (χ2n) is 4.01. The maximum Gasteiger partial charge on any atom is 0.203 e. The van der Waals surface area contributed by atoms with Crippen molar-refractivity contribution in [1.82, 2.24) is 10.2 Å². The minimum atomic E-state index is 0.385. The van der Waals surface area contributed by atoms with E-state index in [4.69, 9.17) is 9.68 Å². The molecule has 0 aliphatic carbocycles. The van der Waals surface area contributed by atoms with Crippen molar-refractivity contribution in [3.63, 3.8) is 0 Å². The molecule has 0 spiro atoms. The summed E-state index contributed by atoms with van der Waals surface area (Å²) in [4.78, 5) is 2.31. The lowest BCUT2D eigenvalue weighted by Crippen LogP contribution is -2.30. The lowest BCUT2D eigenvalue weighted by Gasteiger charge is -2.11. The average molecular weight is 205 g/mol. The zero-order valence-corrected chi connectivity index (χ0v) is 8.86. The fourth-order valence-electron chi connectivity index (χ4n) is 1.88. The number of furan rings is 1. The molecule has 2 heterocycles. The summed E-state index contributed by atoms with van der Waals surface area (Å²) in [7, 11) is 2.13. The van der Waals surface area contributed by atoms with Gasteiger partial charge in [-0.15, -0.1) is 0 Å². The van der Waals surface area contributed by atoms with Gasteiger partial charge in [-0.05, 0) is 32.1 Å². The van der Waals surface area contributed by atoms with Gasteiger partial charge in [0, 0.05) is 12.6 Å². The van der Waals surface area contributed by atoms with Crippen molar-refractivity contribution < 1.29 is 4.42 Å². The second kappa shape index (κ2) is 4.47. The third-order valence-electron chi connectivity index (χ3n) is 2.73. The van der Waals surface area contributed by atoms with Crippen LogP contribution < -0.4 is 5.32 Å². The third-order valence-corrected chi connectivity index (χ3v) is 2.73. The highest BCUT2D eigenvalue weighted by molar-refractivity contribution is 5.18. The molecule has 0 bridgehead atoms. The molecule has 1 atom stereocenters. The predicted molar refractivity (Wildman–Crippen MR) is 56.2 cm³/mol. The van der Waals surface area contributed by atoms with Gasteiger partial charge in [0.2, 0.25) is 5.76 Å². The van der Waals surface area contributed by atoms with E-state index in [0.717, 1.165) is 18.8 Å². The summed E-state index contributed by atoms with van der Waals surface area (Å²) in [5, 5.41) is 12.0. The van der Waals surface area contributed by atoms with Gasteiger partial charge >= 0.3 is 0 Å². The van der Waals surface area contributed by atoms with Crippen molar-refractivity contribution in [3.8, 4) is 6.07 Å². The number of rotatable bonds is 3. The van der Waals surface area contributed by atoms with Gasteiger partial charge in [-0.3, -0.25) is 0 Å². The van der Waals surface area contributed by atoms with Crippen molar-refractivity contribution in [2.45, 2.75) is 19.0 Å². The summed E-state index contributed by atoms with van der Waals surface area (Å²) >= 11 is 0. The number of nitrogens with one attached hydrogen (secondary N) is 1. The van der Waals surface area contributed by atoms with Crippen LogP contribution in [0.2, 0.25) is 0 Å². The first-order chi connectivity index (χ1) is 7.28. The van der Waals surface area contributed by atoms with Gasteiger partial charge in [0.1, 0.15) is 11.8 Å². The van der Waals surface area contributed by atoms with Crippen molar-refractivity contribution in [3.05, 3.63) is 23.7 Å². The summed E-state index contributed by atoms with van der Waals surface area (Å²) in [5.41, 5.74) is 0. The van der Waals surface area contributed by atoms with E-state index in [9.17, 15) is 0 Å². The van der Waals surface area contributed by atoms with Crippen molar-refractivity contribution in [2.24, 2.45) is 0 Å². The summed E-state index contributed by atoms with van der Waals surface area (Å²) in [6.45, 7) is 2.95. The highest BCUT2D eigenvalue weighted by atomic mass is 16.3. The van der Waals surface area contributed by atoms with E-state index in [1.165, 1.54) is 6.42 Å². The molecule has 2 rings (SSSR count). The SMILES string of the molecule is CN1CCC(NCc2ccc(C#N)o2)C1. The minimum Gasteiger partial charge on any atom is -0.449 e. The molecule has 1 aromatic rings. The Morgan fingerprint density at radius 2 is 2.53 bits per heavy atom. The highest BCUT2D eigenvalue weighted by Crippen LogP contribution is 2.09. The second-order valence-corrected chi connectivity index (χ2v) is 4.01. The minimum absolute atomic E-state index is 0.385. The van der Waals surface area contributed by atoms with Crippen LogP contribution in [0, 0.1) is 11.3 Å². The van der Waals surface area contributed by atoms with Gasteiger partial charge in [0.25, 0.3) is 0 Å². The number of nitriles is 1. The average Bonchev–Trinajstić information content (AvgIpc) is 2.83. The van der Waals surface area contributed by atoms with Crippen LogP contribution in [0.4, 0.5) is 0 Å². The van der Waals surface area contributed by atoms with Crippen LogP contribution in [-0.2, 0) is 6.54 Å². The summed E-state index contributed by atoms with van der Waals surface area (Å²) in [6.07, 6.45) is 1.18. The van der Waals surface area contributed by atoms with Gasteiger partial charge in [-0.2, -0.15) is 5.26 Å². The Hall–Kier alpha value is -1.31. The topological polar surface area (TPSA) is 52.2 Å². The standard InChI is InChI=1S/C11H15N3O/c1-14-5-4-9(8-14)13-7-11-3-2-10(6-12)15-11/h2-3,9,13H,4-5,7-8H2,1H3. The Labute approximate surface area is 89.5 Å². The molecule has 1 fully saturated rings. The van der Waals surface area contributed by atoms with E-state index in [1.807, 2.05) is 12.1 Å². The third kappa shape index (κ3) is 2.58. The van der Waals surface area contributed by atoms with Crippen LogP contribution in [-0.4, -0.2) is 31.1 Å². The van der Waals surface area contributed by atoms with Crippen LogP contribution in [0.15, 0.2) is 16.5 Å². The van der Waals surface area contributed by atoms with Gasteiger partial charge in [-0.25, -0.2) is 0 Å². The molecular weight excluding hydrogens is 190 g/mol. The van der Waals surface area contributed by atoms with Gasteiger partial charge in [-0.1, -0.05) is 0 Å². The zero-order chi connectivity index (χ0) is 10.7. The molecule has 1 aliphatic rings. The summed E-state index contributed by atoms with van der Waals surface area (Å²) < 4.78 is 5.28. The molecule has 80 valence electrons. The summed E-state index contributed by atoms with van der Waals surface area (Å²) in [5.74, 6) is 1.22. The van der Waals surface area contributed by atoms with Crippen LogP contribution in [0.3, 0.4) is 0 Å². The maximum atomic E-state index is 8.59. The molecule has 1 aromatic heterocycles. The summed E-state index contributed by atoms with van der Waals surface area (Å²) in [6, 6.07) is 6.08. The Kier molecular flexibility index (Phi) is 3.05. The van der Waals surface area contributed by atoms with E-state index in [1.54, 1.807) is 6.07 Å². The smallest absolute Gasteiger partial charge is 0.203 e. The lowest BCUT2D eigenvalue weighted by molar-refractivity contribution is 0.389. The largest absolute Gasteiger partial charge is 0.449 e. The highest BCUT2D eigenvalue weighted by Gasteiger charge is 2.18. The van der Waals surface area contributed by atoms with E-state index >= 15 is 0 Å². The van der Waals surface area contributed by atoms with E-state index in [2.05, 4.69) is 17.3 Å². The van der Waals surface area contributed by atoms with Gasteiger partial charge in [0.15, 0.2) is 0 Å². The molecule has 0 amide bonds. The van der Waals surface area contributed by atoms with E-state index in [-0.39, 0.29) is 0 Å². The maximum absolute atomic E-state index is 8.59. The molecule has 4 heteroatoms. The van der Waals surface area contributed by atoms with Crippen molar-refractivity contribution in [2.75, 3.05) is 20.1 Å². The molecule has 0 saturated carbocycles. The van der Waals surface area contributed by atoms with Gasteiger partial charge < -0.3 is 14.6 Å². The lowest BCUT2D eigenvalue weighted by atomic mass is 10.2. The predicted octanol–water partition coefficient (Wildman–Crippen LogP) is 0.945. The van der Waals surface area contributed by atoms with Crippen molar-refractivity contribution in [1.29, 1.82) is 5.26 Å². The number of hydrogen-bond acceptors (Lipinski definition) is 4. The number of hydrogen-bond donors (Lipinski definition) is 1. The normalized spacial score (nSPS) is 21.7. The van der Waals surface area contributed by atoms with Gasteiger partial charge in [0.05, 0.1) is 6.54 Å². The molecule has 0 radical (unpaired) electrons. The van der Waals surface area contributed by atoms with Crippen LogP contribution >= 0.6 is 0 Å². The number of likely N-dealkylation sites (tertiary alicyclic amines) is 1. The molecule has 1 aliphatic heterocycles. The Morgan fingerprint density at radius 1 is 1.67 bits per heavy atom. The monoisotopic (exact) mass is 205 g/mol. The quantitative estimate of drug-likeness (QED) is 0.798. The van der Waals surface area contributed by atoms with Crippen molar-refractivity contribution >= 4 is 0 Å². The van der Waals surface area contributed by atoms with Crippen LogP contribution in [0.1, 0.15) is 17.9 Å². The van der Waals surface area contributed by atoms with Crippen LogP contribution in [0.25, 0.3) is 0 Å². The molecule has 1 saturated heterocycles. The molecule has 0 aromatic carbocycles. The molecule has 15 heavy (non-hydrogen) atoms. The number of nitrogens with zero attached hydrogens (tertiary/aromatic N) is 2. The van der Waals surface area contributed by atoms with E-state index < -0.39 is 0 Å². The van der Waals surface area contributed by atoms with Crippen LogP contribution in [0.5, 0.6) is 0 Å². The Morgan fingerprint density at radius 3 is 3.13 bits per heavy atom. The molecule has 1 unspecified atom stereocenters. The fourth-order valence-corrected chi connectivity index (χ4v) is 1.88. The van der Waals surface area contributed by atoms with E-state index in [0.29, 0.717) is 18.3 Å². The molecule has 4 nitrogen and oxygen atoms in total. The first kappa shape index (κ1) is 10.2. The first-order valence-corrected chi connectivity index (χ1v) is 5.18.